The van der Waals surface area contributed by atoms with E-state index in [0.717, 1.165) is 17.9 Å². The molecule has 1 atom stereocenters. The molecule has 0 aliphatic carbocycles. The van der Waals surface area contributed by atoms with E-state index in [0.29, 0.717) is 11.5 Å². The van der Waals surface area contributed by atoms with Gasteiger partial charge >= 0.3 is 0 Å². The predicted octanol–water partition coefficient (Wildman–Crippen LogP) is 3.63. The number of nitrogens with two attached hydrogens (primary N) is 1. The maximum atomic E-state index is 5.80. The summed E-state index contributed by atoms with van der Waals surface area (Å²) in [6.45, 7) is 4.11. The van der Waals surface area contributed by atoms with Crippen LogP contribution < -0.4 is 15.8 Å². The normalized spacial score (nSPS) is 11.9. The molecular weight excluding hydrogens is 276 g/mol. The second kappa shape index (κ2) is 6.43. The lowest BCUT2D eigenvalue weighted by molar-refractivity contribution is 0.217. The van der Waals surface area contributed by atoms with Gasteiger partial charge in [-0.05, 0) is 37.1 Å². The number of benzene rings is 1. The van der Waals surface area contributed by atoms with E-state index in [2.05, 4.69) is 22.2 Å². The number of nitrogens with one attached hydrogen (secondary N) is 1. The van der Waals surface area contributed by atoms with Crippen molar-refractivity contribution < 1.29 is 4.74 Å². The van der Waals surface area contributed by atoms with E-state index in [4.69, 9.17) is 22.1 Å². The molecule has 1 unspecified atom stereocenters. The van der Waals surface area contributed by atoms with Crippen LogP contribution in [0.2, 0.25) is 5.28 Å². The minimum absolute atomic E-state index is 0.147. The number of hydrogen-bond acceptors (Lipinski definition) is 5. The first-order valence-electron chi connectivity index (χ1n) is 6.40. The van der Waals surface area contributed by atoms with Crippen molar-refractivity contribution in [1.82, 2.24) is 9.97 Å². The Morgan fingerprint density at radius 3 is 3.00 bits per heavy atom. The van der Waals surface area contributed by atoms with Crippen LogP contribution in [0.3, 0.4) is 0 Å². The van der Waals surface area contributed by atoms with Gasteiger partial charge in [0.15, 0.2) is 5.82 Å². The van der Waals surface area contributed by atoms with Gasteiger partial charge in [-0.1, -0.05) is 13.0 Å². The third kappa shape index (κ3) is 3.74. The zero-order valence-electron chi connectivity index (χ0n) is 11.4. The molecule has 0 bridgehead atoms. The summed E-state index contributed by atoms with van der Waals surface area (Å²) in [5.74, 6) is 1.27. The Morgan fingerprint density at radius 1 is 1.45 bits per heavy atom. The highest BCUT2D eigenvalue weighted by atomic mass is 35.5. The van der Waals surface area contributed by atoms with Gasteiger partial charge < -0.3 is 15.8 Å². The van der Waals surface area contributed by atoms with Crippen LogP contribution in [-0.4, -0.2) is 16.1 Å². The van der Waals surface area contributed by atoms with Crippen LogP contribution in [0.4, 0.5) is 17.2 Å². The monoisotopic (exact) mass is 292 g/mol. The van der Waals surface area contributed by atoms with E-state index < -0.39 is 0 Å². The summed E-state index contributed by atoms with van der Waals surface area (Å²) < 4.78 is 5.77. The number of rotatable bonds is 5. The highest BCUT2D eigenvalue weighted by Crippen LogP contribution is 2.25. The van der Waals surface area contributed by atoms with Crippen LogP contribution in [0.1, 0.15) is 20.3 Å². The van der Waals surface area contributed by atoms with E-state index in [-0.39, 0.29) is 11.4 Å². The molecule has 0 saturated heterocycles. The van der Waals surface area contributed by atoms with Gasteiger partial charge in [-0.2, -0.15) is 4.98 Å². The molecule has 0 radical (unpaired) electrons. The largest absolute Gasteiger partial charge is 0.491 e. The molecular formula is C14H17ClN4O. The first kappa shape index (κ1) is 14.4. The number of ether oxygens (including phenoxy) is 1. The van der Waals surface area contributed by atoms with Gasteiger partial charge in [0, 0.05) is 11.8 Å². The molecule has 106 valence electrons. The van der Waals surface area contributed by atoms with Crippen LogP contribution in [0.25, 0.3) is 0 Å². The topological polar surface area (TPSA) is 73.1 Å². The molecule has 0 fully saturated rings. The van der Waals surface area contributed by atoms with Gasteiger partial charge in [0.1, 0.15) is 5.75 Å². The van der Waals surface area contributed by atoms with Crippen molar-refractivity contribution in [3.63, 3.8) is 0 Å². The van der Waals surface area contributed by atoms with Gasteiger partial charge in [0.05, 0.1) is 18.0 Å². The Morgan fingerprint density at radius 2 is 2.25 bits per heavy atom. The Labute approximate surface area is 123 Å². The predicted molar refractivity (Wildman–Crippen MR) is 81.6 cm³/mol. The molecule has 5 nitrogen and oxygen atoms in total. The van der Waals surface area contributed by atoms with Crippen molar-refractivity contribution in [1.29, 1.82) is 0 Å². The lowest BCUT2D eigenvalue weighted by Gasteiger charge is -2.14. The van der Waals surface area contributed by atoms with Crippen LogP contribution in [0, 0.1) is 0 Å². The molecule has 1 heterocycles. The molecule has 0 aliphatic rings. The summed E-state index contributed by atoms with van der Waals surface area (Å²) in [6, 6.07) is 7.60. The number of hydrogen-bond donors (Lipinski definition) is 2. The van der Waals surface area contributed by atoms with Crippen LogP contribution in [0.15, 0.2) is 30.5 Å². The van der Waals surface area contributed by atoms with Crippen molar-refractivity contribution in [2.45, 2.75) is 26.4 Å². The summed E-state index contributed by atoms with van der Waals surface area (Å²) in [5, 5.41) is 3.25. The van der Waals surface area contributed by atoms with E-state index in [1.54, 1.807) is 0 Å². The Balaban J connectivity index is 2.17. The van der Waals surface area contributed by atoms with E-state index in [9.17, 15) is 0 Å². The quantitative estimate of drug-likeness (QED) is 0.823. The minimum Gasteiger partial charge on any atom is -0.491 e. The van der Waals surface area contributed by atoms with Gasteiger partial charge in [-0.15, -0.1) is 0 Å². The Bertz CT molecular complexity index is 591. The molecule has 1 aromatic heterocycles. The molecule has 0 saturated carbocycles. The number of anilines is 3. The fourth-order valence-electron chi connectivity index (χ4n) is 1.57. The Hall–Kier alpha value is -2.01. The van der Waals surface area contributed by atoms with Gasteiger partial charge in [-0.25, -0.2) is 4.98 Å². The highest BCUT2D eigenvalue weighted by Gasteiger charge is 2.06. The second-order valence-corrected chi connectivity index (χ2v) is 4.77. The lowest BCUT2D eigenvalue weighted by Crippen LogP contribution is -2.09. The lowest BCUT2D eigenvalue weighted by atomic mass is 10.2. The zero-order valence-corrected chi connectivity index (χ0v) is 12.2. The molecule has 2 aromatic rings. The molecule has 0 amide bonds. The van der Waals surface area contributed by atoms with Crippen LogP contribution in [0.5, 0.6) is 5.75 Å². The second-order valence-electron chi connectivity index (χ2n) is 4.43. The third-order valence-corrected chi connectivity index (χ3v) is 2.98. The van der Waals surface area contributed by atoms with E-state index in [1.165, 1.54) is 6.20 Å². The summed E-state index contributed by atoms with van der Waals surface area (Å²) in [7, 11) is 0. The highest BCUT2D eigenvalue weighted by molar-refractivity contribution is 6.28. The van der Waals surface area contributed by atoms with Crippen molar-refractivity contribution in [2.75, 3.05) is 11.1 Å². The number of nitrogen functional groups attached to an aromatic ring is 1. The standard InChI is InChI=1S/C14H17ClN4O/c1-3-9(2)20-11-6-4-5-10(7-11)18-13-12(16)8-17-14(15)19-13/h4-9H,3,16H2,1-2H3,(H,17,18,19). The summed E-state index contributed by atoms with van der Waals surface area (Å²) in [4.78, 5) is 7.87. The van der Waals surface area contributed by atoms with Crippen molar-refractivity contribution >= 4 is 28.8 Å². The summed E-state index contributed by atoms with van der Waals surface area (Å²) in [6.07, 6.45) is 2.59. The minimum atomic E-state index is 0.147. The zero-order chi connectivity index (χ0) is 14.5. The maximum absolute atomic E-state index is 5.80. The SMILES string of the molecule is CCC(C)Oc1cccc(Nc2nc(Cl)ncc2N)c1. The fraction of sp³-hybridized carbons (Fsp3) is 0.286. The first-order valence-corrected chi connectivity index (χ1v) is 6.78. The first-order chi connectivity index (χ1) is 9.58. The van der Waals surface area contributed by atoms with Gasteiger partial charge in [-0.3, -0.25) is 0 Å². The smallest absolute Gasteiger partial charge is 0.224 e. The summed E-state index contributed by atoms with van der Waals surface area (Å²) in [5.41, 5.74) is 7.06. The molecule has 6 heteroatoms. The number of halogens is 1. The maximum Gasteiger partial charge on any atom is 0.224 e. The molecule has 0 aliphatic heterocycles. The molecule has 3 N–H and O–H groups in total. The molecule has 20 heavy (non-hydrogen) atoms. The van der Waals surface area contributed by atoms with Crippen LogP contribution in [-0.2, 0) is 0 Å². The van der Waals surface area contributed by atoms with Gasteiger partial charge in [0.25, 0.3) is 0 Å². The number of aromatic nitrogens is 2. The number of nitrogens with zero attached hydrogens (tertiary/aromatic N) is 2. The van der Waals surface area contributed by atoms with Crippen LogP contribution >= 0.6 is 11.6 Å². The molecule has 0 spiro atoms. The molecule has 2 rings (SSSR count). The Kier molecular flexibility index (Phi) is 4.63. The van der Waals surface area contributed by atoms with Gasteiger partial charge in [0.2, 0.25) is 5.28 Å². The average molecular weight is 293 g/mol. The van der Waals surface area contributed by atoms with Crippen molar-refractivity contribution in [2.24, 2.45) is 0 Å². The van der Waals surface area contributed by atoms with Crippen molar-refractivity contribution in [3.05, 3.63) is 35.7 Å². The summed E-state index contributed by atoms with van der Waals surface area (Å²) >= 11 is 5.76. The van der Waals surface area contributed by atoms with Crippen molar-refractivity contribution in [3.8, 4) is 5.75 Å². The fourth-order valence-corrected chi connectivity index (χ4v) is 1.70. The van der Waals surface area contributed by atoms with E-state index in [1.807, 2.05) is 31.2 Å². The third-order valence-electron chi connectivity index (χ3n) is 2.80. The van der Waals surface area contributed by atoms with E-state index >= 15 is 0 Å². The molecule has 1 aromatic carbocycles. The average Bonchev–Trinajstić information content (AvgIpc) is 2.43.